The average Bonchev–Trinajstić information content (AvgIpc) is 2.99. The van der Waals surface area contributed by atoms with E-state index < -0.39 is 11.9 Å². The number of nitrogens with zero attached hydrogens (tertiary/aromatic N) is 2. The van der Waals surface area contributed by atoms with Crippen molar-refractivity contribution in [1.29, 1.82) is 0 Å². The monoisotopic (exact) mass is 449 g/mol. The molecule has 2 aromatic carbocycles. The molecule has 0 saturated carbocycles. The predicted octanol–water partition coefficient (Wildman–Crippen LogP) is 2.25. The summed E-state index contributed by atoms with van der Waals surface area (Å²) in [5.74, 6) is 0.572. The lowest BCUT2D eigenvalue weighted by atomic mass is 9.82. The zero-order chi connectivity index (χ0) is 23.2. The Balaban J connectivity index is 1.37. The zero-order valence-electron chi connectivity index (χ0n) is 18.8. The first-order valence-corrected chi connectivity index (χ1v) is 11.6. The molecule has 2 aliphatic heterocycles. The molecule has 2 N–H and O–H groups in total. The molecule has 7 nitrogen and oxygen atoms in total. The number of para-hydroxylation sites is 1. The lowest BCUT2D eigenvalue weighted by molar-refractivity contribution is -0.139. The Morgan fingerprint density at radius 2 is 1.64 bits per heavy atom. The molecular weight excluding hydrogens is 418 g/mol. The van der Waals surface area contributed by atoms with Gasteiger partial charge in [-0.15, -0.1) is 0 Å². The van der Waals surface area contributed by atoms with E-state index in [1.165, 1.54) is 0 Å². The minimum atomic E-state index is -0.655. The van der Waals surface area contributed by atoms with Gasteiger partial charge in [0.2, 0.25) is 11.8 Å². The van der Waals surface area contributed by atoms with Crippen LogP contribution in [-0.4, -0.2) is 59.8 Å². The Kier molecular flexibility index (Phi) is 7.27. The second-order valence-corrected chi connectivity index (χ2v) is 8.94. The van der Waals surface area contributed by atoms with Gasteiger partial charge in [-0.3, -0.25) is 14.4 Å². The van der Waals surface area contributed by atoms with Crippen molar-refractivity contribution >= 4 is 17.7 Å². The van der Waals surface area contributed by atoms with E-state index in [-0.39, 0.29) is 30.3 Å². The van der Waals surface area contributed by atoms with Crippen LogP contribution in [0.5, 0.6) is 5.75 Å². The second-order valence-electron chi connectivity index (χ2n) is 8.94. The van der Waals surface area contributed by atoms with Crippen molar-refractivity contribution in [1.82, 2.24) is 9.80 Å². The van der Waals surface area contributed by atoms with Crippen molar-refractivity contribution in [2.75, 3.05) is 26.2 Å². The van der Waals surface area contributed by atoms with Gasteiger partial charge in [0.05, 0.1) is 0 Å². The van der Waals surface area contributed by atoms with Crippen LogP contribution in [0.3, 0.4) is 0 Å². The van der Waals surface area contributed by atoms with E-state index in [0.29, 0.717) is 38.2 Å². The highest BCUT2D eigenvalue weighted by Crippen LogP contribution is 2.33. The van der Waals surface area contributed by atoms with Gasteiger partial charge in [-0.25, -0.2) is 0 Å². The number of fused-ring (bicyclic) bond motifs is 1. The summed E-state index contributed by atoms with van der Waals surface area (Å²) in [5, 5.41) is 0. The molecule has 2 heterocycles. The minimum absolute atomic E-state index is 0.00722. The van der Waals surface area contributed by atoms with Gasteiger partial charge in [0.1, 0.15) is 11.8 Å². The Morgan fingerprint density at radius 3 is 2.33 bits per heavy atom. The zero-order valence-corrected chi connectivity index (χ0v) is 18.8. The van der Waals surface area contributed by atoms with Gasteiger partial charge in [-0.05, 0) is 42.4 Å². The van der Waals surface area contributed by atoms with Crippen molar-refractivity contribution in [2.45, 2.75) is 31.7 Å². The standard InChI is InChI=1S/C26H31N3O4/c27-26(32)23(15-19-7-3-1-4-8-19)29-14-12-21-17-28(13-11-20(21)16-24(29)30)25(31)18-33-22-9-5-2-6-10-22/h1-10,20-21,23H,11-18H2,(H2,27,32). The maximum Gasteiger partial charge on any atom is 0.260 e. The summed E-state index contributed by atoms with van der Waals surface area (Å²) in [6, 6.07) is 18.3. The number of rotatable bonds is 7. The van der Waals surface area contributed by atoms with Crippen molar-refractivity contribution in [3.05, 3.63) is 66.2 Å². The fourth-order valence-corrected chi connectivity index (χ4v) is 4.96. The number of primary amides is 1. The molecule has 3 unspecified atom stereocenters. The highest BCUT2D eigenvalue weighted by molar-refractivity contribution is 5.87. The van der Waals surface area contributed by atoms with Gasteiger partial charge in [-0.1, -0.05) is 48.5 Å². The van der Waals surface area contributed by atoms with Gasteiger partial charge in [-0.2, -0.15) is 0 Å². The lowest BCUT2D eigenvalue weighted by Crippen LogP contribution is -2.49. The minimum Gasteiger partial charge on any atom is -0.484 e. The molecule has 2 aromatic rings. The fourth-order valence-electron chi connectivity index (χ4n) is 4.96. The Hall–Kier alpha value is -3.35. The molecule has 0 spiro atoms. The number of likely N-dealkylation sites (tertiary alicyclic amines) is 2. The van der Waals surface area contributed by atoms with Crippen LogP contribution in [0, 0.1) is 11.8 Å². The molecule has 2 aliphatic rings. The van der Waals surface area contributed by atoms with Gasteiger partial charge in [0.25, 0.3) is 5.91 Å². The molecule has 3 amide bonds. The molecule has 33 heavy (non-hydrogen) atoms. The largest absolute Gasteiger partial charge is 0.484 e. The number of ether oxygens (including phenoxy) is 1. The normalized spacial score (nSPS) is 21.6. The van der Waals surface area contributed by atoms with E-state index in [9.17, 15) is 14.4 Å². The quantitative estimate of drug-likeness (QED) is 0.702. The Labute approximate surface area is 194 Å². The van der Waals surface area contributed by atoms with Crippen molar-refractivity contribution in [3.63, 3.8) is 0 Å². The highest BCUT2D eigenvalue weighted by atomic mass is 16.5. The van der Waals surface area contributed by atoms with E-state index in [2.05, 4.69) is 0 Å². The van der Waals surface area contributed by atoms with Crippen LogP contribution in [0.15, 0.2) is 60.7 Å². The van der Waals surface area contributed by atoms with E-state index >= 15 is 0 Å². The SMILES string of the molecule is NC(=O)C(Cc1ccccc1)N1CCC2CN(C(=O)COc3ccccc3)CCC2CC1=O. The van der Waals surface area contributed by atoms with E-state index in [4.69, 9.17) is 10.5 Å². The van der Waals surface area contributed by atoms with Crippen LogP contribution in [0.25, 0.3) is 0 Å². The Bertz CT molecular complexity index is 966. The van der Waals surface area contributed by atoms with Gasteiger partial charge < -0.3 is 20.3 Å². The molecule has 3 atom stereocenters. The number of hydrogen-bond acceptors (Lipinski definition) is 4. The third kappa shape index (κ3) is 5.72. The number of amides is 3. The van der Waals surface area contributed by atoms with E-state index in [1.807, 2.05) is 65.6 Å². The van der Waals surface area contributed by atoms with E-state index in [1.54, 1.807) is 4.90 Å². The average molecular weight is 450 g/mol. The van der Waals surface area contributed by atoms with Crippen LogP contribution in [-0.2, 0) is 20.8 Å². The summed E-state index contributed by atoms with van der Waals surface area (Å²) in [5.41, 5.74) is 6.70. The first-order valence-electron chi connectivity index (χ1n) is 11.6. The smallest absolute Gasteiger partial charge is 0.260 e. The van der Waals surface area contributed by atoms with Gasteiger partial charge in [0.15, 0.2) is 6.61 Å². The van der Waals surface area contributed by atoms with Crippen LogP contribution in [0.4, 0.5) is 0 Å². The number of benzene rings is 2. The maximum absolute atomic E-state index is 13.1. The molecule has 4 rings (SSSR count). The first-order chi connectivity index (χ1) is 16.0. The number of piperidine rings is 1. The molecule has 7 heteroatoms. The number of carbonyl (C=O) groups excluding carboxylic acids is 3. The van der Waals surface area contributed by atoms with Crippen LogP contribution in [0.2, 0.25) is 0 Å². The number of carbonyl (C=O) groups is 3. The summed E-state index contributed by atoms with van der Waals surface area (Å²) in [7, 11) is 0. The van der Waals surface area contributed by atoms with Crippen LogP contribution in [0.1, 0.15) is 24.8 Å². The fraction of sp³-hybridized carbons (Fsp3) is 0.423. The number of hydrogen-bond donors (Lipinski definition) is 1. The van der Waals surface area contributed by atoms with Crippen LogP contribution < -0.4 is 10.5 Å². The third-order valence-electron chi connectivity index (χ3n) is 6.82. The molecule has 0 radical (unpaired) electrons. The molecule has 0 bridgehead atoms. The van der Waals surface area contributed by atoms with Gasteiger partial charge >= 0.3 is 0 Å². The molecule has 0 aliphatic carbocycles. The summed E-state index contributed by atoms with van der Waals surface area (Å²) in [6.45, 7) is 1.72. The summed E-state index contributed by atoms with van der Waals surface area (Å²) < 4.78 is 5.63. The topological polar surface area (TPSA) is 92.9 Å². The van der Waals surface area contributed by atoms with Gasteiger partial charge in [0, 0.05) is 32.5 Å². The second kappa shape index (κ2) is 10.5. The predicted molar refractivity (Wildman–Crippen MR) is 124 cm³/mol. The first kappa shape index (κ1) is 22.8. The summed E-state index contributed by atoms with van der Waals surface area (Å²) >= 11 is 0. The summed E-state index contributed by atoms with van der Waals surface area (Å²) in [4.78, 5) is 41.6. The van der Waals surface area contributed by atoms with E-state index in [0.717, 1.165) is 18.4 Å². The van der Waals surface area contributed by atoms with Crippen molar-refractivity contribution < 1.29 is 19.1 Å². The summed E-state index contributed by atoms with van der Waals surface area (Å²) in [6.07, 6.45) is 2.34. The molecule has 2 saturated heterocycles. The highest BCUT2D eigenvalue weighted by Gasteiger charge is 2.39. The third-order valence-corrected chi connectivity index (χ3v) is 6.82. The molecule has 174 valence electrons. The van der Waals surface area contributed by atoms with Crippen molar-refractivity contribution in [3.8, 4) is 5.75 Å². The molecular formula is C26H31N3O4. The molecule has 0 aromatic heterocycles. The maximum atomic E-state index is 13.1. The van der Waals surface area contributed by atoms with Crippen molar-refractivity contribution in [2.24, 2.45) is 17.6 Å². The Morgan fingerprint density at radius 1 is 0.970 bits per heavy atom. The lowest BCUT2D eigenvalue weighted by Gasteiger charge is -2.37. The number of nitrogens with two attached hydrogens (primary N) is 1. The molecule has 2 fully saturated rings. The van der Waals surface area contributed by atoms with Crippen LogP contribution >= 0.6 is 0 Å².